The molecule has 1 fully saturated rings. The number of anilines is 1. The molecule has 29 heavy (non-hydrogen) atoms. The average Bonchev–Trinajstić information content (AvgIpc) is 2.92. The standard InChI is InChI=1S/C19H15ClF3N3O3/c20-13-7-9-14(10-8-13)26-16(28)18(19(21,22)23,25-17(26)29)24-15(27)11-6-12-4-2-1-3-5-12/h1-5,7-10H,6,11H2,(H,24,27)(H,25,29)/t18-/m1/s1. The van der Waals surface area contributed by atoms with E-state index in [1.165, 1.54) is 24.3 Å². The minimum absolute atomic E-state index is 0.110. The van der Waals surface area contributed by atoms with Crippen LogP contribution in [0, 0.1) is 0 Å². The second kappa shape index (κ2) is 7.75. The fourth-order valence-corrected chi connectivity index (χ4v) is 3.00. The average molecular weight is 426 g/mol. The minimum Gasteiger partial charge on any atom is -0.318 e. The SMILES string of the molecule is O=C(CCc1ccccc1)N[C@@]1(C(F)(F)F)NC(=O)N(c2ccc(Cl)cc2)C1=O. The summed E-state index contributed by atoms with van der Waals surface area (Å²) < 4.78 is 41.5. The van der Waals surface area contributed by atoms with Gasteiger partial charge in [-0.3, -0.25) is 14.9 Å². The maximum Gasteiger partial charge on any atom is 0.440 e. The van der Waals surface area contributed by atoms with Crippen molar-refractivity contribution in [1.29, 1.82) is 0 Å². The number of carbonyl (C=O) groups is 3. The van der Waals surface area contributed by atoms with E-state index >= 15 is 0 Å². The highest BCUT2D eigenvalue weighted by Crippen LogP contribution is 2.36. The van der Waals surface area contributed by atoms with Crippen LogP contribution in [0.25, 0.3) is 0 Å². The third kappa shape index (κ3) is 4.04. The van der Waals surface area contributed by atoms with Gasteiger partial charge in [0.2, 0.25) is 5.91 Å². The first-order valence-electron chi connectivity index (χ1n) is 8.48. The van der Waals surface area contributed by atoms with E-state index < -0.39 is 29.7 Å². The van der Waals surface area contributed by atoms with E-state index in [1.807, 2.05) is 0 Å². The summed E-state index contributed by atoms with van der Waals surface area (Å²) in [6.45, 7) is 0. The van der Waals surface area contributed by atoms with Gasteiger partial charge in [-0.2, -0.15) is 13.2 Å². The van der Waals surface area contributed by atoms with Crippen LogP contribution in [0.3, 0.4) is 0 Å². The molecule has 0 unspecified atom stereocenters. The van der Waals surface area contributed by atoms with Gasteiger partial charge < -0.3 is 5.32 Å². The second-order valence-corrected chi connectivity index (χ2v) is 6.77. The normalized spacial score (nSPS) is 19.2. The molecule has 1 saturated heterocycles. The summed E-state index contributed by atoms with van der Waals surface area (Å²) in [5.41, 5.74) is -2.91. The molecule has 2 aromatic carbocycles. The van der Waals surface area contributed by atoms with Gasteiger partial charge in [-0.1, -0.05) is 41.9 Å². The summed E-state index contributed by atoms with van der Waals surface area (Å²) in [7, 11) is 0. The van der Waals surface area contributed by atoms with Gasteiger partial charge in [0.25, 0.3) is 11.6 Å². The summed E-state index contributed by atoms with van der Waals surface area (Å²) in [6, 6.07) is 12.5. The molecule has 152 valence electrons. The van der Waals surface area contributed by atoms with Gasteiger partial charge in [-0.05, 0) is 36.2 Å². The van der Waals surface area contributed by atoms with E-state index in [0.29, 0.717) is 4.90 Å². The number of carbonyl (C=O) groups excluding carboxylic acids is 3. The van der Waals surface area contributed by atoms with E-state index in [4.69, 9.17) is 11.6 Å². The predicted molar refractivity (Wildman–Crippen MR) is 99.2 cm³/mol. The van der Waals surface area contributed by atoms with Crippen molar-refractivity contribution in [2.24, 2.45) is 0 Å². The van der Waals surface area contributed by atoms with Crippen molar-refractivity contribution in [2.75, 3.05) is 4.90 Å². The first-order valence-corrected chi connectivity index (χ1v) is 8.86. The smallest absolute Gasteiger partial charge is 0.318 e. The molecule has 4 amide bonds. The predicted octanol–water partition coefficient (Wildman–Crippen LogP) is 3.40. The van der Waals surface area contributed by atoms with Crippen molar-refractivity contribution in [3.05, 3.63) is 65.2 Å². The third-order valence-corrected chi connectivity index (χ3v) is 4.59. The molecule has 0 aliphatic carbocycles. The highest BCUT2D eigenvalue weighted by molar-refractivity contribution is 6.31. The van der Waals surface area contributed by atoms with Crippen LogP contribution in [0.4, 0.5) is 23.7 Å². The Morgan fingerprint density at radius 1 is 1.07 bits per heavy atom. The molecule has 2 N–H and O–H groups in total. The molecular formula is C19H15ClF3N3O3. The summed E-state index contributed by atoms with van der Waals surface area (Å²) >= 11 is 5.73. The number of nitrogens with one attached hydrogen (secondary N) is 2. The summed E-state index contributed by atoms with van der Waals surface area (Å²) in [5, 5.41) is 3.55. The Morgan fingerprint density at radius 3 is 2.28 bits per heavy atom. The molecule has 0 radical (unpaired) electrons. The third-order valence-electron chi connectivity index (χ3n) is 4.34. The zero-order chi connectivity index (χ0) is 21.2. The van der Waals surface area contributed by atoms with Crippen molar-refractivity contribution in [2.45, 2.75) is 24.7 Å². The van der Waals surface area contributed by atoms with Gasteiger partial charge in [0.1, 0.15) is 0 Å². The van der Waals surface area contributed by atoms with Gasteiger partial charge in [0.05, 0.1) is 5.69 Å². The maximum absolute atomic E-state index is 13.8. The Kier molecular flexibility index (Phi) is 5.52. The fourth-order valence-electron chi connectivity index (χ4n) is 2.88. The Morgan fingerprint density at radius 2 is 1.69 bits per heavy atom. The van der Waals surface area contributed by atoms with Crippen LogP contribution < -0.4 is 15.5 Å². The molecule has 0 spiro atoms. The lowest BCUT2D eigenvalue weighted by atomic mass is 10.1. The highest BCUT2D eigenvalue weighted by atomic mass is 35.5. The molecule has 0 saturated carbocycles. The van der Waals surface area contributed by atoms with E-state index in [2.05, 4.69) is 0 Å². The van der Waals surface area contributed by atoms with Gasteiger partial charge in [0, 0.05) is 11.4 Å². The zero-order valence-corrected chi connectivity index (χ0v) is 15.6. The molecule has 0 bridgehead atoms. The molecule has 6 nitrogen and oxygen atoms in total. The summed E-state index contributed by atoms with van der Waals surface area (Å²) in [4.78, 5) is 37.4. The van der Waals surface area contributed by atoms with E-state index in [1.54, 1.807) is 41.0 Å². The molecule has 1 atom stereocenters. The number of hydrogen-bond donors (Lipinski definition) is 2. The lowest BCUT2D eigenvalue weighted by Gasteiger charge is -2.29. The van der Waals surface area contributed by atoms with Gasteiger partial charge in [-0.15, -0.1) is 0 Å². The van der Waals surface area contributed by atoms with Crippen LogP contribution in [0.5, 0.6) is 0 Å². The fraction of sp³-hybridized carbons (Fsp3) is 0.211. The second-order valence-electron chi connectivity index (χ2n) is 6.33. The summed E-state index contributed by atoms with van der Waals surface area (Å²) in [5.74, 6) is -2.68. The highest BCUT2D eigenvalue weighted by Gasteiger charge is 2.69. The van der Waals surface area contributed by atoms with Gasteiger partial charge >= 0.3 is 12.2 Å². The Balaban J connectivity index is 1.83. The van der Waals surface area contributed by atoms with Crippen LogP contribution in [-0.2, 0) is 16.0 Å². The maximum atomic E-state index is 13.8. The molecule has 10 heteroatoms. The minimum atomic E-state index is -5.26. The number of amides is 4. The number of rotatable bonds is 5. The monoisotopic (exact) mass is 425 g/mol. The number of nitrogens with zero attached hydrogens (tertiary/aromatic N) is 1. The lowest BCUT2D eigenvalue weighted by Crippen LogP contribution is -2.69. The number of alkyl halides is 3. The van der Waals surface area contributed by atoms with E-state index in [-0.39, 0.29) is 23.6 Å². The van der Waals surface area contributed by atoms with Crippen molar-refractivity contribution in [3.63, 3.8) is 0 Å². The van der Waals surface area contributed by atoms with Crippen molar-refractivity contribution in [3.8, 4) is 0 Å². The topological polar surface area (TPSA) is 78.5 Å². The van der Waals surface area contributed by atoms with Crippen LogP contribution in [0.15, 0.2) is 54.6 Å². The molecule has 1 aliphatic heterocycles. The molecule has 2 aromatic rings. The largest absolute Gasteiger partial charge is 0.440 e. The molecule has 1 heterocycles. The van der Waals surface area contributed by atoms with Crippen LogP contribution in [-0.4, -0.2) is 29.7 Å². The number of hydrogen-bond acceptors (Lipinski definition) is 3. The van der Waals surface area contributed by atoms with Crippen molar-refractivity contribution < 1.29 is 27.6 Å². The number of urea groups is 1. The molecule has 3 rings (SSSR count). The zero-order valence-electron chi connectivity index (χ0n) is 14.8. The molecule has 0 aromatic heterocycles. The quantitative estimate of drug-likeness (QED) is 0.721. The number of aryl methyl sites for hydroxylation is 1. The summed E-state index contributed by atoms with van der Waals surface area (Å²) in [6.07, 6.45) is -5.39. The lowest BCUT2D eigenvalue weighted by molar-refractivity contribution is -0.201. The van der Waals surface area contributed by atoms with Gasteiger partial charge in [-0.25, -0.2) is 9.69 Å². The number of benzene rings is 2. The van der Waals surface area contributed by atoms with Gasteiger partial charge in [0.15, 0.2) is 0 Å². The van der Waals surface area contributed by atoms with E-state index in [0.717, 1.165) is 5.56 Å². The van der Waals surface area contributed by atoms with Crippen LogP contribution in [0.1, 0.15) is 12.0 Å². The number of imide groups is 1. The van der Waals surface area contributed by atoms with Crippen molar-refractivity contribution >= 4 is 35.1 Å². The molecular weight excluding hydrogens is 411 g/mol. The van der Waals surface area contributed by atoms with Crippen LogP contribution >= 0.6 is 11.6 Å². The Hall–Kier alpha value is -3.07. The van der Waals surface area contributed by atoms with E-state index in [9.17, 15) is 27.6 Å². The van der Waals surface area contributed by atoms with Crippen molar-refractivity contribution in [1.82, 2.24) is 10.6 Å². The first-order chi connectivity index (χ1) is 13.6. The molecule has 1 aliphatic rings. The first kappa shape index (κ1) is 20.7. The Labute approximate surface area is 168 Å². The Bertz CT molecular complexity index is 935. The van der Waals surface area contributed by atoms with Crippen LogP contribution in [0.2, 0.25) is 5.02 Å². The number of halogens is 4.